The molecule has 0 saturated carbocycles. The highest BCUT2D eigenvalue weighted by Gasteiger charge is 2.46. The second kappa shape index (κ2) is 9.63. The molecule has 1 aliphatic rings. The van der Waals surface area contributed by atoms with Crippen molar-refractivity contribution in [1.29, 1.82) is 0 Å². The van der Waals surface area contributed by atoms with Gasteiger partial charge in [0.1, 0.15) is 11.5 Å². The van der Waals surface area contributed by atoms with Gasteiger partial charge in [0.15, 0.2) is 0 Å². The van der Waals surface area contributed by atoms with E-state index in [1.807, 2.05) is 62.5 Å². The molecule has 2 aromatic carbocycles. The summed E-state index contributed by atoms with van der Waals surface area (Å²) in [6.07, 6.45) is 0.894. The minimum Gasteiger partial charge on any atom is -0.507 e. The van der Waals surface area contributed by atoms with Gasteiger partial charge < -0.3 is 14.7 Å². The molecule has 1 saturated heterocycles. The normalized spacial score (nSPS) is 17.5. The Morgan fingerprint density at radius 1 is 1.06 bits per heavy atom. The molecule has 170 valence electrons. The number of hydrogen-bond donors (Lipinski definition) is 1. The van der Waals surface area contributed by atoms with Gasteiger partial charge >= 0.3 is 0 Å². The summed E-state index contributed by atoms with van der Waals surface area (Å²) in [4.78, 5) is 28.9. The number of carbonyl (C=O) groups excluding carboxylic acids is 2. The van der Waals surface area contributed by atoms with Crippen molar-refractivity contribution in [3.05, 3.63) is 92.7 Å². The Bertz CT molecular complexity index is 1210. The average Bonchev–Trinajstić information content (AvgIpc) is 3.41. The summed E-state index contributed by atoms with van der Waals surface area (Å²) in [5.74, 6) is -0.693. The smallest absolute Gasteiger partial charge is 0.295 e. The first-order chi connectivity index (χ1) is 15.9. The Labute approximate surface area is 197 Å². The van der Waals surface area contributed by atoms with Crippen LogP contribution < -0.4 is 4.74 Å². The maximum absolute atomic E-state index is 13.2. The quantitative estimate of drug-likeness (QED) is 0.275. The molecular weight excluding hydrogens is 434 g/mol. The van der Waals surface area contributed by atoms with Crippen molar-refractivity contribution in [2.24, 2.45) is 0 Å². The molecule has 0 aliphatic carbocycles. The summed E-state index contributed by atoms with van der Waals surface area (Å²) in [7, 11) is 0. The third-order valence-corrected chi connectivity index (χ3v) is 6.70. The maximum atomic E-state index is 13.2. The highest BCUT2D eigenvalue weighted by molar-refractivity contribution is 7.09. The van der Waals surface area contributed by atoms with Gasteiger partial charge in [-0.1, -0.05) is 37.3 Å². The van der Waals surface area contributed by atoms with Crippen LogP contribution in [0.5, 0.6) is 5.75 Å². The molecule has 3 aromatic rings. The minimum absolute atomic E-state index is 0.118. The third-order valence-electron chi connectivity index (χ3n) is 5.84. The number of aliphatic hydroxyl groups is 1. The van der Waals surface area contributed by atoms with Gasteiger partial charge in [0, 0.05) is 10.4 Å². The molecule has 1 fully saturated rings. The number of aliphatic hydroxyl groups excluding tert-OH is 1. The fraction of sp³-hybridized carbons (Fsp3) is 0.259. The van der Waals surface area contributed by atoms with E-state index in [-0.39, 0.29) is 11.3 Å². The van der Waals surface area contributed by atoms with Crippen LogP contribution in [0.4, 0.5) is 0 Å². The molecule has 0 spiro atoms. The van der Waals surface area contributed by atoms with Crippen molar-refractivity contribution in [2.75, 3.05) is 6.61 Å². The summed E-state index contributed by atoms with van der Waals surface area (Å²) in [5.41, 5.74) is 3.24. The topological polar surface area (TPSA) is 66.8 Å². The van der Waals surface area contributed by atoms with Crippen LogP contribution in [0, 0.1) is 13.8 Å². The zero-order chi connectivity index (χ0) is 23.5. The fourth-order valence-corrected chi connectivity index (χ4v) is 4.86. The van der Waals surface area contributed by atoms with Crippen molar-refractivity contribution in [2.45, 2.75) is 39.8 Å². The first-order valence-electron chi connectivity index (χ1n) is 11.0. The van der Waals surface area contributed by atoms with Gasteiger partial charge in [-0.2, -0.15) is 0 Å². The predicted molar refractivity (Wildman–Crippen MR) is 130 cm³/mol. The number of ether oxygens (including phenoxy) is 1. The predicted octanol–water partition coefficient (Wildman–Crippen LogP) is 5.78. The number of thiophene rings is 1. The Morgan fingerprint density at radius 3 is 2.52 bits per heavy atom. The number of benzene rings is 2. The molecule has 0 bridgehead atoms. The Kier molecular flexibility index (Phi) is 6.65. The van der Waals surface area contributed by atoms with Crippen LogP contribution in [-0.4, -0.2) is 28.3 Å². The van der Waals surface area contributed by atoms with Gasteiger partial charge in [-0.3, -0.25) is 9.59 Å². The van der Waals surface area contributed by atoms with Crippen molar-refractivity contribution in [1.82, 2.24) is 4.90 Å². The Hall–Kier alpha value is -3.38. The molecule has 1 unspecified atom stereocenters. The molecule has 5 nitrogen and oxygen atoms in total. The van der Waals surface area contributed by atoms with Gasteiger partial charge in [0.05, 0.1) is 24.8 Å². The molecule has 1 amide bonds. The number of Topliss-reactive ketones (excluding diaryl/α,β-unsaturated/α-hetero) is 1. The summed E-state index contributed by atoms with van der Waals surface area (Å²) >= 11 is 1.53. The molecule has 4 rings (SSSR count). The van der Waals surface area contributed by atoms with Crippen molar-refractivity contribution < 1.29 is 19.4 Å². The number of carbonyl (C=O) groups is 2. The number of hydrogen-bond acceptors (Lipinski definition) is 5. The minimum atomic E-state index is -0.665. The summed E-state index contributed by atoms with van der Waals surface area (Å²) < 4.78 is 5.74. The molecule has 2 heterocycles. The number of nitrogens with zero attached hydrogens (tertiary/aromatic N) is 1. The largest absolute Gasteiger partial charge is 0.507 e. The summed E-state index contributed by atoms with van der Waals surface area (Å²) in [5, 5.41) is 13.3. The van der Waals surface area contributed by atoms with Crippen LogP contribution in [0.15, 0.2) is 65.6 Å². The van der Waals surface area contributed by atoms with Crippen LogP contribution in [-0.2, 0) is 16.1 Å². The zero-order valence-electron chi connectivity index (χ0n) is 19.0. The molecule has 6 heteroatoms. The lowest BCUT2D eigenvalue weighted by Gasteiger charge is -2.26. The van der Waals surface area contributed by atoms with Gasteiger partial charge in [0.2, 0.25) is 0 Å². The molecule has 1 atom stereocenters. The highest BCUT2D eigenvalue weighted by atomic mass is 32.1. The second-order valence-corrected chi connectivity index (χ2v) is 9.22. The molecule has 0 radical (unpaired) electrons. The van der Waals surface area contributed by atoms with E-state index < -0.39 is 17.7 Å². The molecule has 1 N–H and O–H groups in total. The van der Waals surface area contributed by atoms with E-state index in [1.165, 1.54) is 11.3 Å². The lowest BCUT2D eigenvalue weighted by Crippen LogP contribution is -2.29. The van der Waals surface area contributed by atoms with E-state index in [1.54, 1.807) is 23.1 Å². The molecule has 1 aliphatic heterocycles. The maximum Gasteiger partial charge on any atom is 0.295 e. The molecule has 1 aromatic heterocycles. The van der Waals surface area contributed by atoms with Crippen molar-refractivity contribution in [3.63, 3.8) is 0 Å². The van der Waals surface area contributed by atoms with E-state index in [0.29, 0.717) is 18.7 Å². The van der Waals surface area contributed by atoms with E-state index in [0.717, 1.165) is 33.7 Å². The van der Waals surface area contributed by atoms with Gasteiger partial charge in [-0.15, -0.1) is 11.3 Å². The Morgan fingerprint density at radius 2 is 1.85 bits per heavy atom. The molecule has 33 heavy (non-hydrogen) atoms. The van der Waals surface area contributed by atoms with Crippen LogP contribution in [0.2, 0.25) is 0 Å². The number of ketones is 1. The number of likely N-dealkylation sites (tertiary alicyclic amines) is 1. The lowest BCUT2D eigenvalue weighted by molar-refractivity contribution is -0.140. The summed E-state index contributed by atoms with van der Waals surface area (Å²) in [6, 6.07) is 16.2. The van der Waals surface area contributed by atoms with Gasteiger partial charge in [-0.05, 0) is 66.6 Å². The van der Waals surface area contributed by atoms with E-state index in [4.69, 9.17) is 4.74 Å². The van der Waals surface area contributed by atoms with E-state index in [2.05, 4.69) is 0 Å². The Balaban J connectivity index is 1.83. The highest BCUT2D eigenvalue weighted by Crippen LogP contribution is 2.42. The van der Waals surface area contributed by atoms with Crippen LogP contribution >= 0.6 is 11.3 Å². The lowest BCUT2D eigenvalue weighted by atomic mass is 9.92. The monoisotopic (exact) mass is 461 g/mol. The van der Waals surface area contributed by atoms with E-state index >= 15 is 0 Å². The van der Waals surface area contributed by atoms with Crippen LogP contribution in [0.1, 0.15) is 46.5 Å². The van der Waals surface area contributed by atoms with E-state index in [9.17, 15) is 14.7 Å². The SMILES string of the molecule is CCCOc1ccc(/C(O)=C2\C(=O)C(=O)N(Cc3cccs3)C2c2ccccc2C)cc1C. The van der Waals surface area contributed by atoms with Crippen LogP contribution in [0.25, 0.3) is 5.76 Å². The van der Waals surface area contributed by atoms with Crippen LogP contribution in [0.3, 0.4) is 0 Å². The number of aryl methyl sites for hydroxylation is 2. The van der Waals surface area contributed by atoms with Crippen molar-refractivity contribution in [3.8, 4) is 5.75 Å². The third kappa shape index (κ3) is 4.44. The number of rotatable bonds is 7. The van der Waals surface area contributed by atoms with Gasteiger partial charge in [-0.25, -0.2) is 0 Å². The first-order valence-corrected chi connectivity index (χ1v) is 11.9. The standard InChI is InChI=1S/C27H27NO4S/c1-4-13-32-22-12-11-19(15-18(22)3)25(29)23-24(21-10-6-5-8-17(21)2)28(27(31)26(23)30)16-20-9-7-14-33-20/h5-12,14-15,24,29H,4,13,16H2,1-3H3/b25-23+. The van der Waals surface area contributed by atoms with Gasteiger partial charge in [0.25, 0.3) is 11.7 Å². The van der Waals surface area contributed by atoms with Crippen molar-refractivity contribution >= 4 is 28.8 Å². The summed E-state index contributed by atoms with van der Waals surface area (Å²) in [6.45, 7) is 6.80. The zero-order valence-corrected chi connectivity index (χ0v) is 19.8. The average molecular weight is 462 g/mol. The fourth-order valence-electron chi connectivity index (χ4n) is 4.16. The molecular formula is C27H27NO4S. The number of amides is 1. The first kappa shape index (κ1) is 22.8. The second-order valence-electron chi connectivity index (χ2n) is 8.19.